The molecule has 0 aromatic carbocycles. The molecule has 1 aliphatic rings. The van der Waals surface area contributed by atoms with Crippen LogP contribution in [0, 0.1) is 0 Å². The molecule has 0 saturated carbocycles. The fourth-order valence-electron chi connectivity index (χ4n) is 1.75. The van der Waals surface area contributed by atoms with Gasteiger partial charge in [-0.15, -0.1) is 0 Å². The Labute approximate surface area is 107 Å². The molecule has 6 nitrogen and oxygen atoms in total. The SMILES string of the molecule is CCNCc1ccc(S(=O)(=O)NC2CCOC2)o1. The smallest absolute Gasteiger partial charge is 0.274 e. The third kappa shape index (κ3) is 3.32. The average molecular weight is 274 g/mol. The Bertz CT molecular complexity index is 477. The summed E-state index contributed by atoms with van der Waals surface area (Å²) < 4.78 is 37.0. The maximum absolute atomic E-state index is 12.0. The Morgan fingerprint density at radius 1 is 1.44 bits per heavy atom. The maximum Gasteiger partial charge on any atom is 0.274 e. The minimum Gasteiger partial charge on any atom is -0.447 e. The van der Waals surface area contributed by atoms with Gasteiger partial charge in [-0.25, -0.2) is 13.1 Å². The molecule has 1 aromatic heterocycles. The summed E-state index contributed by atoms with van der Waals surface area (Å²) in [6, 6.07) is 2.99. The van der Waals surface area contributed by atoms with E-state index >= 15 is 0 Å². The van der Waals surface area contributed by atoms with E-state index in [4.69, 9.17) is 9.15 Å². The van der Waals surface area contributed by atoms with Crippen molar-refractivity contribution in [1.82, 2.24) is 10.0 Å². The maximum atomic E-state index is 12.0. The molecule has 0 bridgehead atoms. The number of hydrogen-bond acceptors (Lipinski definition) is 5. The van der Waals surface area contributed by atoms with Gasteiger partial charge in [0.05, 0.1) is 13.2 Å². The molecule has 1 saturated heterocycles. The quantitative estimate of drug-likeness (QED) is 0.787. The number of rotatable bonds is 6. The molecule has 2 heterocycles. The largest absolute Gasteiger partial charge is 0.447 e. The van der Waals surface area contributed by atoms with Crippen LogP contribution in [0.5, 0.6) is 0 Å². The second kappa shape index (κ2) is 5.83. The molecule has 1 atom stereocenters. The highest BCUT2D eigenvalue weighted by Gasteiger charge is 2.25. The van der Waals surface area contributed by atoms with E-state index in [0.717, 1.165) is 6.54 Å². The first-order valence-electron chi connectivity index (χ1n) is 6.01. The van der Waals surface area contributed by atoms with E-state index in [2.05, 4.69) is 10.0 Å². The van der Waals surface area contributed by atoms with Gasteiger partial charge in [0.1, 0.15) is 5.76 Å². The summed E-state index contributed by atoms with van der Waals surface area (Å²) >= 11 is 0. The lowest BCUT2D eigenvalue weighted by Gasteiger charge is -2.09. The van der Waals surface area contributed by atoms with Crippen molar-refractivity contribution in [1.29, 1.82) is 0 Å². The van der Waals surface area contributed by atoms with Gasteiger partial charge in [-0.05, 0) is 25.1 Å². The van der Waals surface area contributed by atoms with Crippen molar-refractivity contribution < 1.29 is 17.6 Å². The predicted octanol–water partition coefficient (Wildman–Crippen LogP) is 0.456. The lowest BCUT2D eigenvalue weighted by Crippen LogP contribution is -2.34. The minimum absolute atomic E-state index is 0.0395. The Balaban J connectivity index is 2.02. The van der Waals surface area contributed by atoms with Crippen molar-refractivity contribution >= 4 is 10.0 Å². The molecule has 0 amide bonds. The third-order valence-electron chi connectivity index (χ3n) is 2.70. The van der Waals surface area contributed by atoms with Crippen molar-refractivity contribution in [3.63, 3.8) is 0 Å². The highest BCUT2D eigenvalue weighted by Crippen LogP contribution is 2.15. The second-order valence-electron chi connectivity index (χ2n) is 4.18. The van der Waals surface area contributed by atoms with E-state index in [0.29, 0.717) is 31.9 Å². The first-order valence-corrected chi connectivity index (χ1v) is 7.49. The number of furan rings is 1. The fraction of sp³-hybridized carbons (Fsp3) is 0.636. The molecule has 2 N–H and O–H groups in total. The van der Waals surface area contributed by atoms with E-state index < -0.39 is 10.0 Å². The number of hydrogen-bond donors (Lipinski definition) is 2. The van der Waals surface area contributed by atoms with Crippen LogP contribution in [-0.2, 0) is 21.3 Å². The normalized spacial score (nSPS) is 20.4. The third-order valence-corrected chi connectivity index (χ3v) is 4.10. The first kappa shape index (κ1) is 13.5. The summed E-state index contributed by atoms with van der Waals surface area (Å²) in [7, 11) is -3.57. The van der Waals surface area contributed by atoms with Gasteiger partial charge in [0, 0.05) is 12.6 Å². The Hall–Kier alpha value is -0.890. The molecule has 1 aromatic rings. The van der Waals surface area contributed by atoms with E-state index in [1.165, 1.54) is 6.07 Å². The summed E-state index contributed by atoms with van der Waals surface area (Å²) in [5, 5.41) is 3.03. The van der Waals surface area contributed by atoms with Crippen LogP contribution in [-0.4, -0.2) is 34.2 Å². The van der Waals surface area contributed by atoms with Crippen LogP contribution in [0.1, 0.15) is 19.1 Å². The van der Waals surface area contributed by atoms with Crippen molar-refractivity contribution in [3.8, 4) is 0 Å². The zero-order chi connectivity index (χ0) is 13.0. The fourth-order valence-corrected chi connectivity index (χ4v) is 2.96. The van der Waals surface area contributed by atoms with Crippen molar-refractivity contribution in [2.45, 2.75) is 31.0 Å². The minimum atomic E-state index is -3.57. The number of sulfonamides is 1. The van der Waals surface area contributed by atoms with Crippen LogP contribution in [0.4, 0.5) is 0 Å². The summed E-state index contributed by atoms with van der Waals surface area (Å²) in [5.41, 5.74) is 0. The summed E-state index contributed by atoms with van der Waals surface area (Å²) in [4.78, 5) is 0. The standard InChI is InChI=1S/C11H18N2O4S/c1-2-12-7-10-3-4-11(17-10)18(14,15)13-9-5-6-16-8-9/h3-4,9,12-13H,2,5-8H2,1H3. The van der Waals surface area contributed by atoms with Crippen molar-refractivity contribution in [3.05, 3.63) is 17.9 Å². The summed E-state index contributed by atoms with van der Waals surface area (Å²) in [5.74, 6) is 0.611. The van der Waals surface area contributed by atoms with Crippen LogP contribution in [0.3, 0.4) is 0 Å². The molecule has 1 aliphatic heterocycles. The van der Waals surface area contributed by atoms with Gasteiger partial charge in [0.25, 0.3) is 10.0 Å². The van der Waals surface area contributed by atoms with Crippen LogP contribution in [0.15, 0.2) is 21.6 Å². The van der Waals surface area contributed by atoms with Gasteiger partial charge in [-0.3, -0.25) is 0 Å². The van der Waals surface area contributed by atoms with Crippen molar-refractivity contribution in [2.24, 2.45) is 0 Å². The molecule has 7 heteroatoms. The highest BCUT2D eigenvalue weighted by atomic mass is 32.2. The molecule has 0 aliphatic carbocycles. The van der Waals surface area contributed by atoms with Gasteiger partial charge < -0.3 is 14.5 Å². The second-order valence-corrected chi connectivity index (χ2v) is 5.83. The predicted molar refractivity (Wildman–Crippen MR) is 65.6 cm³/mol. The molecule has 0 spiro atoms. The topological polar surface area (TPSA) is 80.6 Å². The first-order chi connectivity index (χ1) is 8.62. The zero-order valence-electron chi connectivity index (χ0n) is 10.3. The molecular weight excluding hydrogens is 256 g/mol. The zero-order valence-corrected chi connectivity index (χ0v) is 11.1. The lowest BCUT2D eigenvalue weighted by molar-refractivity contribution is 0.192. The lowest BCUT2D eigenvalue weighted by atomic mass is 10.3. The van der Waals surface area contributed by atoms with Gasteiger partial charge in [0.15, 0.2) is 0 Å². The Morgan fingerprint density at radius 2 is 2.28 bits per heavy atom. The molecule has 102 valence electrons. The highest BCUT2D eigenvalue weighted by molar-refractivity contribution is 7.89. The van der Waals surface area contributed by atoms with Crippen molar-refractivity contribution in [2.75, 3.05) is 19.8 Å². The van der Waals surface area contributed by atoms with Gasteiger partial charge in [0.2, 0.25) is 5.09 Å². The van der Waals surface area contributed by atoms with E-state index in [-0.39, 0.29) is 11.1 Å². The average Bonchev–Trinajstić information content (AvgIpc) is 2.96. The molecule has 1 fully saturated rings. The Morgan fingerprint density at radius 3 is 2.94 bits per heavy atom. The summed E-state index contributed by atoms with van der Waals surface area (Å²) in [6.45, 7) is 4.32. The van der Waals surface area contributed by atoms with E-state index in [9.17, 15) is 8.42 Å². The van der Waals surface area contributed by atoms with Crippen LogP contribution < -0.4 is 10.0 Å². The van der Waals surface area contributed by atoms with Crippen LogP contribution in [0.2, 0.25) is 0 Å². The molecule has 2 rings (SSSR count). The number of nitrogens with one attached hydrogen (secondary N) is 2. The van der Waals surface area contributed by atoms with Gasteiger partial charge >= 0.3 is 0 Å². The number of ether oxygens (including phenoxy) is 1. The molecular formula is C11H18N2O4S. The van der Waals surface area contributed by atoms with E-state index in [1.807, 2.05) is 6.92 Å². The molecule has 0 radical (unpaired) electrons. The van der Waals surface area contributed by atoms with E-state index in [1.54, 1.807) is 6.07 Å². The molecule has 1 unspecified atom stereocenters. The van der Waals surface area contributed by atoms with Crippen LogP contribution in [0.25, 0.3) is 0 Å². The van der Waals surface area contributed by atoms with Gasteiger partial charge in [-0.2, -0.15) is 0 Å². The van der Waals surface area contributed by atoms with Crippen LogP contribution >= 0.6 is 0 Å². The van der Waals surface area contributed by atoms with Gasteiger partial charge in [-0.1, -0.05) is 6.92 Å². The summed E-state index contributed by atoms with van der Waals surface area (Å²) in [6.07, 6.45) is 0.699. The Kier molecular flexibility index (Phi) is 4.39. The monoisotopic (exact) mass is 274 g/mol. The molecule has 18 heavy (non-hydrogen) atoms.